The lowest BCUT2D eigenvalue weighted by Gasteiger charge is -2.01. The van der Waals surface area contributed by atoms with E-state index in [1.165, 1.54) is 0 Å². The van der Waals surface area contributed by atoms with Crippen LogP contribution in [0, 0.1) is 5.92 Å². The maximum Gasteiger partial charge on any atom is 0.397 e. The lowest BCUT2D eigenvalue weighted by atomic mass is 10.2. The second-order valence-electron chi connectivity index (χ2n) is 3.66. The Kier molecular flexibility index (Phi) is 349. The first kappa shape index (κ1) is 76.5. The summed E-state index contributed by atoms with van der Waals surface area (Å²) in [5, 5.41) is 15.2. The Bertz CT molecular complexity index is 331. The zero-order valence-corrected chi connectivity index (χ0v) is 25.7. The van der Waals surface area contributed by atoms with Gasteiger partial charge in [-0.25, -0.2) is 4.18 Å². The number of hydrogen-bond acceptors (Lipinski definition) is 6. The number of aliphatic hydroxyl groups is 2. The Hall–Kier alpha value is -2.59. The molecule has 0 atom stereocenters. The van der Waals surface area contributed by atoms with Gasteiger partial charge in [-0.3, -0.25) is 4.55 Å². The van der Waals surface area contributed by atoms with Crippen molar-refractivity contribution >= 4 is 10.4 Å². The van der Waals surface area contributed by atoms with Crippen LogP contribution in [0.3, 0.4) is 0 Å². The fraction of sp³-hybridized carbons (Fsp3) is 0.379. The molecule has 0 aliphatic carbocycles. The molecule has 0 saturated carbocycles. The zero-order chi connectivity index (χ0) is 33.7. The van der Waals surface area contributed by atoms with E-state index in [0.717, 1.165) is 13.2 Å². The summed E-state index contributed by atoms with van der Waals surface area (Å²) in [5.74, 6) is 0.377. The van der Waals surface area contributed by atoms with Gasteiger partial charge in [-0.2, -0.15) is 8.42 Å². The molecule has 0 aliphatic rings. The summed E-state index contributed by atoms with van der Waals surface area (Å²) in [6, 6.07) is 0. The van der Waals surface area contributed by atoms with Crippen molar-refractivity contribution in [1.82, 2.24) is 0 Å². The molecule has 0 fully saturated rings. The molecule has 0 spiro atoms. The van der Waals surface area contributed by atoms with Gasteiger partial charge in [0.25, 0.3) is 0 Å². The van der Waals surface area contributed by atoms with Crippen molar-refractivity contribution < 1.29 is 32.1 Å². The molecule has 0 unspecified atom stereocenters. The molecule has 0 radical (unpaired) electrons. The van der Waals surface area contributed by atoms with E-state index in [9.17, 15) is 8.42 Å². The lowest BCUT2D eigenvalue weighted by Crippen LogP contribution is -2.06. The topological polar surface area (TPSA) is 113 Å². The quantitative estimate of drug-likeness (QED) is 0.214. The molecule has 0 saturated heterocycles. The van der Waals surface area contributed by atoms with Crippen LogP contribution in [0.15, 0.2) is 118 Å². The largest absolute Gasteiger partial charge is 0.397 e. The highest BCUT2D eigenvalue weighted by Crippen LogP contribution is 2.00. The monoisotopic (exact) mass is 556 g/mol. The fourth-order valence-corrected chi connectivity index (χ4v) is 0.900. The SMILES string of the molecule is C=C.C=C.C=C.C=C.C=C.C=C.C=C.C=C.C=C.CC(C)CCOS(=O)(=O)O.CCOCC.OCCO. The smallest absolute Gasteiger partial charge is 0.394 e. The summed E-state index contributed by atoms with van der Waals surface area (Å²) < 4.78 is 36.9. The van der Waals surface area contributed by atoms with E-state index in [1.54, 1.807) is 0 Å². The number of aliphatic hydroxyl groups excluding tert-OH is 2. The first-order chi connectivity index (χ1) is 17.7. The number of rotatable bonds is 7. The van der Waals surface area contributed by atoms with Crippen molar-refractivity contribution in [3.8, 4) is 0 Å². The van der Waals surface area contributed by atoms with Gasteiger partial charge >= 0.3 is 10.4 Å². The van der Waals surface area contributed by atoms with E-state index in [2.05, 4.69) is 123 Å². The summed E-state index contributed by atoms with van der Waals surface area (Å²) in [6.07, 6.45) is 0.625. The van der Waals surface area contributed by atoms with E-state index in [0.29, 0.717) is 12.3 Å². The van der Waals surface area contributed by atoms with Gasteiger partial charge in [0.1, 0.15) is 0 Å². The second kappa shape index (κ2) is 169. The van der Waals surface area contributed by atoms with Gasteiger partial charge in [0.05, 0.1) is 19.8 Å². The molecule has 37 heavy (non-hydrogen) atoms. The highest BCUT2D eigenvalue weighted by molar-refractivity contribution is 7.80. The lowest BCUT2D eigenvalue weighted by molar-refractivity contribution is 0.162. The van der Waals surface area contributed by atoms with Crippen molar-refractivity contribution in [1.29, 1.82) is 0 Å². The van der Waals surface area contributed by atoms with E-state index in [1.807, 2.05) is 27.7 Å². The van der Waals surface area contributed by atoms with Crippen molar-refractivity contribution in [2.24, 2.45) is 5.92 Å². The van der Waals surface area contributed by atoms with Crippen LogP contribution in [0.4, 0.5) is 0 Å². The first-order valence-corrected chi connectivity index (χ1v) is 12.0. The van der Waals surface area contributed by atoms with Crippen molar-refractivity contribution in [2.45, 2.75) is 34.1 Å². The molecule has 0 aromatic heterocycles. The van der Waals surface area contributed by atoms with Crippen molar-refractivity contribution in [3.05, 3.63) is 118 Å². The van der Waals surface area contributed by atoms with Crippen LogP contribution in [0.25, 0.3) is 0 Å². The van der Waals surface area contributed by atoms with Crippen LogP contribution < -0.4 is 0 Å². The van der Waals surface area contributed by atoms with E-state index in [-0.39, 0.29) is 19.8 Å². The minimum Gasteiger partial charge on any atom is -0.394 e. The van der Waals surface area contributed by atoms with Gasteiger partial charge in [0.2, 0.25) is 0 Å². The highest BCUT2D eigenvalue weighted by Gasteiger charge is 2.03. The number of hydrogen-bond donors (Lipinski definition) is 3. The minimum atomic E-state index is -4.22. The summed E-state index contributed by atoms with van der Waals surface area (Å²) in [5.41, 5.74) is 0. The Morgan fingerprint density at radius 1 is 0.595 bits per heavy atom. The molecule has 0 heterocycles. The number of ether oxygens (including phenoxy) is 1. The zero-order valence-electron chi connectivity index (χ0n) is 24.9. The molecule has 0 rings (SSSR count). The maximum absolute atomic E-state index is 9.95. The third kappa shape index (κ3) is 600. The molecule has 8 heteroatoms. The van der Waals surface area contributed by atoms with Gasteiger partial charge < -0.3 is 14.9 Å². The maximum atomic E-state index is 9.95. The molecular weight excluding hydrogens is 492 g/mol. The van der Waals surface area contributed by atoms with Crippen LogP contribution in [-0.2, 0) is 19.3 Å². The minimum absolute atomic E-state index is 0.0521. The molecule has 7 nitrogen and oxygen atoms in total. The molecule has 0 bridgehead atoms. The van der Waals surface area contributed by atoms with Crippen LogP contribution in [0.5, 0.6) is 0 Å². The molecule has 3 N–H and O–H groups in total. The van der Waals surface area contributed by atoms with E-state index in [4.69, 9.17) is 19.5 Å². The van der Waals surface area contributed by atoms with Crippen LogP contribution in [0.1, 0.15) is 34.1 Å². The molecule has 228 valence electrons. The average molecular weight is 557 g/mol. The third-order valence-corrected chi connectivity index (χ3v) is 1.90. The summed E-state index contributed by atoms with van der Waals surface area (Å²) >= 11 is 0. The van der Waals surface area contributed by atoms with Gasteiger partial charge in [0.15, 0.2) is 0 Å². The van der Waals surface area contributed by atoms with Crippen molar-refractivity contribution in [3.63, 3.8) is 0 Å². The molecule has 0 amide bonds. The van der Waals surface area contributed by atoms with Gasteiger partial charge in [0, 0.05) is 13.2 Å². The Balaban J connectivity index is -0.0000000202. The Morgan fingerprint density at radius 3 is 0.892 bits per heavy atom. The van der Waals surface area contributed by atoms with Gasteiger partial charge in [-0.1, -0.05) is 13.8 Å². The van der Waals surface area contributed by atoms with E-state index < -0.39 is 10.4 Å². The van der Waals surface area contributed by atoms with E-state index >= 15 is 0 Å². The van der Waals surface area contributed by atoms with Gasteiger partial charge in [-0.05, 0) is 26.2 Å². The second-order valence-corrected chi connectivity index (χ2v) is 4.75. The molecule has 0 aliphatic heterocycles. The normalized spacial score (nSPS) is 6.27. The summed E-state index contributed by atoms with van der Waals surface area (Å²) in [7, 11) is -4.22. The molecule has 0 aromatic carbocycles. The molecule has 0 aromatic rings. The molecular formula is C29H64O7S. The Morgan fingerprint density at radius 2 is 0.811 bits per heavy atom. The van der Waals surface area contributed by atoms with Crippen LogP contribution in [-0.4, -0.2) is 56.2 Å². The Labute approximate surface area is 233 Å². The third-order valence-electron chi connectivity index (χ3n) is 1.44. The van der Waals surface area contributed by atoms with Crippen LogP contribution >= 0.6 is 0 Å². The van der Waals surface area contributed by atoms with Crippen LogP contribution in [0.2, 0.25) is 0 Å². The average Bonchev–Trinajstić information content (AvgIpc) is 2.98. The van der Waals surface area contributed by atoms with Gasteiger partial charge in [-0.15, -0.1) is 118 Å². The summed E-state index contributed by atoms with van der Waals surface area (Å²) in [4.78, 5) is 0. The fourth-order valence-electron chi connectivity index (χ4n) is 0.593. The summed E-state index contributed by atoms with van der Waals surface area (Å²) in [6.45, 7) is 63.3. The highest BCUT2D eigenvalue weighted by atomic mass is 32.3. The first-order valence-electron chi connectivity index (χ1n) is 10.7. The standard InChI is InChI=1S/C5H12O4S.C4H10O.C2H6O2.9C2H4/c1-5(2)3-4-9-10(6,7)8;1-3-5-4-2;3-1-2-4;9*1-2/h5H,3-4H2,1-2H3,(H,6,7,8);3-4H2,1-2H3;3-4H,1-2H2;9*1-2H2. The predicted octanol–water partition coefficient (Wildman–Crippen LogP) is 8.09. The van der Waals surface area contributed by atoms with Crippen molar-refractivity contribution in [2.75, 3.05) is 33.0 Å². The predicted molar refractivity (Wildman–Crippen MR) is 175 cm³/mol.